The van der Waals surface area contributed by atoms with Crippen molar-refractivity contribution in [3.05, 3.63) is 102 Å². The topological polar surface area (TPSA) is 49.2 Å². The predicted octanol–water partition coefficient (Wildman–Crippen LogP) is 5.70. The van der Waals surface area contributed by atoms with E-state index in [9.17, 15) is 5.26 Å². The van der Waals surface area contributed by atoms with Crippen molar-refractivity contribution >= 4 is 11.0 Å². The van der Waals surface area contributed by atoms with Crippen LogP contribution in [0.2, 0.25) is 0 Å². The highest BCUT2D eigenvalue weighted by atomic mass is 15.2. The van der Waals surface area contributed by atoms with Gasteiger partial charge in [0.2, 0.25) is 11.8 Å². The van der Waals surface area contributed by atoms with E-state index in [2.05, 4.69) is 111 Å². The number of fused-ring (bicyclic) bond motifs is 1. The van der Waals surface area contributed by atoms with Crippen LogP contribution in [-0.4, -0.2) is 33.7 Å². The zero-order valence-corrected chi connectivity index (χ0v) is 20.4. The molecule has 1 fully saturated rings. The molecule has 1 aliphatic rings. The van der Waals surface area contributed by atoms with Gasteiger partial charge in [-0.15, -0.1) is 4.99 Å². The molecule has 0 atom stereocenters. The summed E-state index contributed by atoms with van der Waals surface area (Å²) in [6.07, 6.45) is 5.29. The Labute approximate surface area is 207 Å². The van der Waals surface area contributed by atoms with Crippen molar-refractivity contribution in [1.82, 2.24) is 14.0 Å². The van der Waals surface area contributed by atoms with Gasteiger partial charge in [-0.05, 0) is 56.0 Å². The molecule has 0 aliphatic carbocycles. The summed E-state index contributed by atoms with van der Waals surface area (Å²) in [6.45, 7) is 6.12. The molecule has 0 unspecified atom stereocenters. The molecular formula is C30H33N5. The van der Waals surface area contributed by atoms with Gasteiger partial charge < -0.3 is 14.0 Å². The second-order valence-electron chi connectivity index (χ2n) is 9.35. The summed E-state index contributed by atoms with van der Waals surface area (Å²) in [7, 11) is 0. The number of nitriles is 1. The molecule has 0 radical (unpaired) electrons. The van der Waals surface area contributed by atoms with Crippen LogP contribution >= 0.6 is 0 Å². The minimum absolute atomic E-state index is 0.357. The third-order valence-corrected chi connectivity index (χ3v) is 7.42. The molecule has 2 heterocycles. The average molecular weight is 464 g/mol. The molecular weight excluding hydrogens is 430 g/mol. The van der Waals surface area contributed by atoms with E-state index >= 15 is 0 Å². The number of para-hydroxylation sites is 2. The number of benzene rings is 3. The SMILES string of the molecule is CCn1/c(=N\C#N)n(C2CCN(CCC(c3ccccc3)c3ccccc3)CC2)c2ccccc21. The summed E-state index contributed by atoms with van der Waals surface area (Å²) in [5.74, 6) is 0.410. The first-order chi connectivity index (χ1) is 17.3. The molecule has 0 amide bonds. The smallest absolute Gasteiger partial charge is 0.221 e. The van der Waals surface area contributed by atoms with Crippen molar-refractivity contribution in [1.29, 1.82) is 5.26 Å². The molecule has 0 saturated carbocycles. The first-order valence-corrected chi connectivity index (χ1v) is 12.7. The van der Waals surface area contributed by atoms with Crippen LogP contribution in [0.5, 0.6) is 0 Å². The van der Waals surface area contributed by atoms with Crippen molar-refractivity contribution in [3.63, 3.8) is 0 Å². The van der Waals surface area contributed by atoms with Crippen LogP contribution in [0.3, 0.4) is 0 Å². The summed E-state index contributed by atoms with van der Waals surface area (Å²) in [4.78, 5) is 6.86. The van der Waals surface area contributed by atoms with Gasteiger partial charge in [-0.25, -0.2) is 0 Å². The van der Waals surface area contributed by atoms with Crippen LogP contribution in [-0.2, 0) is 6.54 Å². The number of imidazole rings is 1. The molecule has 0 spiro atoms. The van der Waals surface area contributed by atoms with E-state index in [1.54, 1.807) is 0 Å². The lowest BCUT2D eigenvalue weighted by Gasteiger charge is -2.34. The summed E-state index contributed by atoms with van der Waals surface area (Å²) >= 11 is 0. The van der Waals surface area contributed by atoms with E-state index < -0.39 is 0 Å². The van der Waals surface area contributed by atoms with Gasteiger partial charge in [-0.2, -0.15) is 5.26 Å². The Kier molecular flexibility index (Phi) is 7.11. The molecule has 3 aromatic carbocycles. The first-order valence-electron chi connectivity index (χ1n) is 12.7. The molecule has 1 saturated heterocycles. The van der Waals surface area contributed by atoms with Crippen LogP contribution in [0.4, 0.5) is 0 Å². The monoisotopic (exact) mass is 463 g/mol. The Bertz CT molecular complexity index is 1310. The lowest BCUT2D eigenvalue weighted by molar-refractivity contribution is 0.182. The van der Waals surface area contributed by atoms with Gasteiger partial charge in [0.25, 0.3) is 0 Å². The van der Waals surface area contributed by atoms with E-state index in [-0.39, 0.29) is 0 Å². The highest BCUT2D eigenvalue weighted by molar-refractivity contribution is 5.76. The van der Waals surface area contributed by atoms with E-state index in [0.29, 0.717) is 12.0 Å². The molecule has 5 heteroatoms. The summed E-state index contributed by atoms with van der Waals surface area (Å²) in [6, 6.07) is 30.6. The van der Waals surface area contributed by atoms with Gasteiger partial charge in [0.1, 0.15) is 0 Å². The van der Waals surface area contributed by atoms with Gasteiger partial charge >= 0.3 is 0 Å². The summed E-state index contributed by atoms with van der Waals surface area (Å²) in [5, 5.41) is 9.39. The zero-order valence-electron chi connectivity index (χ0n) is 20.4. The van der Waals surface area contributed by atoms with Gasteiger partial charge in [-0.1, -0.05) is 72.8 Å². The number of piperidine rings is 1. The molecule has 0 N–H and O–H groups in total. The van der Waals surface area contributed by atoms with Crippen LogP contribution in [0.15, 0.2) is 89.9 Å². The van der Waals surface area contributed by atoms with E-state index in [0.717, 1.165) is 56.6 Å². The fourth-order valence-electron chi connectivity index (χ4n) is 5.68. The van der Waals surface area contributed by atoms with Crippen molar-refractivity contribution < 1.29 is 0 Å². The fraction of sp³-hybridized carbons (Fsp3) is 0.333. The number of hydrogen-bond acceptors (Lipinski definition) is 3. The van der Waals surface area contributed by atoms with Gasteiger partial charge in [0.05, 0.1) is 11.0 Å². The molecule has 1 aromatic heterocycles. The molecule has 5 nitrogen and oxygen atoms in total. The largest absolute Gasteiger partial charge is 0.310 e. The Morgan fingerprint density at radius 1 is 0.857 bits per heavy atom. The van der Waals surface area contributed by atoms with Crippen molar-refractivity contribution in [2.45, 2.75) is 44.7 Å². The number of aryl methyl sites for hydroxylation is 1. The first kappa shape index (κ1) is 23.1. The lowest BCUT2D eigenvalue weighted by atomic mass is 9.88. The third kappa shape index (κ3) is 4.80. The number of aromatic nitrogens is 2. The minimum Gasteiger partial charge on any atom is -0.310 e. The van der Waals surface area contributed by atoms with Gasteiger partial charge in [-0.3, -0.25) is 0 Å². The molecule has 5 rings (SSSR count). The number of rotatable bonds is 7. The van der Waals surface area contributed by atoms with E-state index in [1.165, 1.54) is 16.6 Å². The van der Waals surface area contributed by atoms with Crippen LogP contribution < -0.4 is 5.62 Å². The fourth-order valence-corrected chi connectivity index (χ4v) is 5.68. The number of hydrogen-bond donors (Lipinski definition) is 0. The quantitative estimate of drug-likeness (QED) is 0.330. The summed E-state index contributed by atoms with van der Waals surface area (Å²) in [5.41, 5.74) is 5.89. The van der Waals surface area contributed by atoms with Crippen molar-refractivity contribution in [3.8, 4) is 6.19 Å². The Morgan fingerprint density at radius 3 is 2.00 bits per heavy atom. The van der Waals surface area contributed by atoms with E-state index in [1.807, 2.05) is 6.19 Å². The van der Waals surface area contributed by atoms with E-state index in [4.69, 9.17) is 0 Å². The molecule has 4 aromatic rings. The van der Waals surface area contributed by atoms with Crippen molar-refractivity contribution in [2.75, 3.05) is 19.6 Å². The zero-order chi connectivity index (χ0) is 24.0. The molecule has 178 valence electrons. The van der Waals surface area contributed by atoms with Crippen LogP contribution in [0.25, 0.3) is 11.0 Å². The second-order valence-corrected chi connectivity index (χ2v) is 9.35. The van der Waals surface area contributed by atoms with Gasteiger partial charge in [0, 0.05) is 31.6 Å². The Hall–Kier alpha value is -3.62. The Balaban J connectivity index is 1.32. The normalized spacial score (nSPS) is 15.6. The predicted molar refractivity (Wildman–Crippen MR) is 141 cm³/mol. The minimum atomic E-state index is 0.357. The molecule has 35 heavy (non-hydrogen) atoms. The van der Waals surface area contributed by atoms with Crippen LogP contribution in [0, 0.1) is 11.5 Å². The highest BCUT2D eigenvalue weighted by Crippen LogP contribution is 2.30. The highest BCUT2D eigenvalue weighted by Gasteiger charge is 2.25. The maximum absolute atomic E-state index is 9.39. The molecule has 1 aliphatic heterocycles. The number of nitrogens with zero attached hydrogens (tertiary/aromatic N) is 5. The second kappa shape index (κ2) is 10.8. The lowest BCUT2D eigenvalue weighted by Crippen LogP contribution is -2.39. The maximum atomic E-state index is 9.39. The standard InChI is InChI=1S/C30H33N5/c1-2-34-28-15-9-10-16-29(28)35(30(34)32-23-31)26-17-20-33(21-18-26)22-19-27(24-11-5-3-6-12-24)25-13-7-4-8-14-25/h3-16,26-27H,2,17-22H2,1H3/b32-30+. The van der Waals surface area contributed by atoms with Crippen LogP contribution in [0.1, 0.15) is 49.3 Å². The molecule has 0 bridgehead atoms. The third-order valence-electron chi connectivity index (χ3n) is 7.42. The number of likely N-dealkylation sites (tertiary alicyclic amines) is 1. The van der Waals surface area contributed by atoms with Gasteiger partial charge in [0.15, 0.2) is 0 Å². The maximum Gasteiger partial charge on any atom is 0.221 e. The average Bonchev–Trinajstić information content (AvgIpc) is 3.23. The Morgan fingerprint density at radius 2 is 1.43 bits per heavy atom. The van der Waals surface area contributed by atoms with Crippen molar-refractivity contribution in [2.24, 2.45) is 4.99 Å². The summed E-state index contributed by atoms with van der Waals surface area (Å²) < 4.78 is 4.48.